The number of rotatable bonds is 6. The minimum absolute atomic E-state index is 0.113. The summed E-state index contributed by atoms with van der Waals surface area (Å²) >= 11 is 1.75. The third-order valence-corrected chi connectivity index (χ3v) is 3.93. The highest BCUT2D eigenvalue weighted by Gasteiger charge is 2.06. The molecule has 2 aromatic rings. The molecule has 0 heterocycles. The molecule has 0 saturated heterocycles. The summed E-state index contributed by atoms with van der Waals surface area (Å²) < 4.78 is 0. The maximum Gasteiger partial charge on any atom is 0.255 e. The SMILES string of the molecule is CCSc1ccc(C(=O)Nc2ccc(CCO)cc2)cc1. The van der Waals surface area contributed by atoms with Crippen molar-refractivity contribution in [3.05, 3.63) is 59.7 Å². The third-order valence-electron chi connectivity index (χ3n) is 3.04. The molecule has 0 atom stereocenters. The van der Waals surface area contributed by atoms with Crippen LogP contribution in [0.1, 0.15) is 22.8 Å². The Morgan fingerprint density at radius 1 is 1.10 bits per heavy atom. The fourth-order valence-corrected chi connectivity index (χ4v) is 2.62. The molecule has 2 rings (SSSR count). The van der Waals surface area contributed by atoms with Gasteiger partial charge in [0.15, 0.2) is 0 Å². The van der Waals surface area contributed by atoms with Crippen LogP contribution in [0.2, 0.25) is 0 Å². The highest BCUT2D eigenvalue weighted by Crippen LogP contribution is 2.18. The first-order valence-corrected chi connectivity index (χ1v) is 7.95. The standard InChI is InChI=1S/C17H19NO2S/c1-2-21-16-9-5-14(6-10-16)17(20)18-15-7-3-13(4-8-15)11-12-19/h3-10,19H,2,11-12H2,1H3,(H,18,20). The Bertz CT molecular complexity index is 579. The third kappa shape index (κ3) is 4.62. The number of thioether (sulfide) groups is 1. The monoisotopic (exact) mass is 301 g/mol. The van der Waals surface area contributed by atoms with Gasteiger partial charge < -0.3 is 10.4 Å². The van der Waals surface area contributed by atoms with Crippen molar-refractivity contribution in [3.8, 4) is 0 Å². The Kier molecular flexibility index (Phi) is 5.84. The molecule has 3 nitrogen and oxygen atoms in total. The number of benzene rings is 2. The fourth-order valence-electron chi connectivity index (χ4n) is 1.96. The molecular formula is C17H19NO2S. The average Bonchev–Trinajstić information content (AvgIpc) is 2.50. The van der Waals surface area contributed by atoms with Gasteiger partial charge in [0.05, 0.1) is 0 Å². The lowest BCUT2D eigenvalue weighted by Gasteiger charge is -2.07. The van der Waals surface area contributed by atoms with Crippen LogP contribution < -0.4 is 5.32 Å². The maximum atomic E-state index is 12.1. The molecule has 0 unspecified atom stereocenters. The van der Waals surface area contributed by atoms with Crippen molar-refractivity contribution in [2.75, 3.05) is 17.7 Å². The zero-order chi connectivity index (χ0) is 15.1. The van der Waals surface area contributed by atoms with Crippen LogP contribution in [-0.4, -0.2) is 23.4 Å². The molecule has 0 aliphatic heterocycles. The Hall–Kier alpha value is -1.78. The van der Waals surface area contributed by atoms with E-state index in [2.05, 4.69) is 12.2 Å². The minimum Gasteiger partial charge on any atom is -0.396 e. The number of hydrogen-bond donors (Lipinski definition) is 2. The van der Waals surface area contributed by atoms with E-state index in [1.807, 2.05) is 48.5 Å². The molecular weight excluding hydrogens is 282 g/mol. The lowest BCUT2D eigenvalue weighted by atomic mass is 10.1. The molecule has 110 valence electrons. The van der Waals surface area contributed by atoms with Crippen molar-refractivity contribution in [2.45, 2.75) is 18.2 Å². The Balaban J connectivity index is 2.00. The smallest absolute Gasteiger partial charge is 0.255 e. The number of carbonyl (C=O) groups excluding carboxylic acids is 1. The normalized spacial score (nSPS) is 10.4. The molecule has 4 heteroatoms. The van der Waals surface area contributed by atoms with Crippen LogP contribution in [0.3, 0.4) is 0 Å². The first-order chi connectivity index (χ1) is 10.2. The van der Waals surface area contributed by atoms with Gasteiger partial charge in [0.1, 0.15) is 0 Å². The first-order valence-electron chi connectivity index (χ1n) is 6.97. The molecule has 2 aromatic carbocycles. The van der Waals surface area contributed by atoms with E-state index < -0.39 is 0 Å². The zero-order valence-electron chi connectivity index (χ0n) is 12.0. The summed E-state index contributed by atoms with van der Waals surface area (Å²) in [6, 6.07) is 15.1. The summed E-state index contributed by atoms with van der Waals surface area (Å²) in [7, 11) is 0. The maximum absolute atomic E-state index is 12.1. The Morgan fingerprint density at radius 2 is 1.76 bits per heavy atom. The van der Waals surface area contributed by atoms with Gasteiger partial charge in [0, 0.05) is 22.8 Å². The second-order valence-electron chi connectivity index (χ2n) is 4.58. The van der Waals surface area contributed by atoms with Crippen LogP contribution in [0.5, 0.6) is 0 Å². The van der Waals surface area contributed by atoms with Crippen molar-refractivity contribution >= 4 is 23.4 Å². The van der Waals surface area contributed by atoms with E-state index in [1.165, 1.54) is 4.90 Å². The van der Waals surface area contributed by atoms with Crippen LogP contribution >= 0.6 is 11.8 Å². The van der Waals surface area contributed by atoms with Crippen molar-refractivity contribution < 1.29 is 9.90 Å². The second-order valence-corrected chi connectivity index (χ2v) is 5.92. The highest BCUT2D eigenvalue weighted by atomic mass is 32.2. The largest absolute Gasteiger partial charge is 0.396 e. The minimum atomic E-state index is -0.113. The number of anilines is 1. The molecule has 0 aliphatic rings. The number of hydrogen-bond acceptors (Lipinski definition) is 3. The van der Waals surface area contributed by atoms with Gasteiger partial charge in [0.25, 0.3) is 5.91 Å². The predicted molar refractivity (Wildman–Crippen MR) is 88.0 cm³/mol. The number of amides is 1. The predicted octanol–water partition coefficient (Wildman–Crippen LogP) is 3.59. The van der Waals surface area contributed by atoms with Crippen LogP contribution in [0.15, 0.2) is 53.4 Å². The quantitative estimate of drug-likeness (QED) is 0.802. The van der Waals surface area contributed by atoms with E-state index in [1.54, 1.807) is 11.8 Å². The van der Waals surface area contributed by atoms with E-state index >= 15 is 0 Å². The van der Waals surface area contributed by atoms with E-state index in [0.717, 1.165) is 17.0 Å². The summed E-state index contributed by atoms with van der Waals surface area (Å²) in [6.45, 7) is 2.24. The van der Waals surface area contributed by atoms with Gasteiger partial charge in [-0.15, -0.1) is 11.8 Å². The van der Waals surface area contributed by atoms with E-state index in [4.69, 9.17) is 5.11 Å². The highest BCUT2D eigenvalue weighted by molar-refractivity contribution is 7.99. The van der Waals surface area contributed by atoms with E-state index in [9.17, 15) is 4.79 Å². The number of nitrogens with one attached hydrogen (secondary N) is 1. The fraction of sp³-hybridized carbons (Fsp3) is 0.235. The van der Waals surface area contributed by atoms with Crippen LogP contribution in [0.4, 0.5) is 5.69 Å². The first kappa shape index (κ1) is 15.6. The molecule has 1 amide bonds. The Labute approximate surface area is 129 Å². The molecule has 21 heavy (non-hydrogen) atoms. The van der Waals surface area contributed by atoms with Gasteiger partial charge in [-0.3, -0.25) is 4.79 Å². The average molecular weight is 301 g/mol. The van der Waals surface area contributed by atoms with Crippen LogP contribution in [0.25, 0.3) is 0 Å². The molecule has 0 radical (unpaired) electrons. The van der Waals surface area contributed by atoms with Crippen LogP contribution in [-0.2, 0) is 6.42 Å². The molecule has 0 aromatic heterocycles. The van der Waals surface area contributed by atoms with Gasteiger partial charge in [-0.05, 0) is 54.1 Å². The van der Waals surface area contributed by atoms with E-state index in [-0.39, 0.29) is 12.5 Å². The van der Waals surface area contributed by atoms with Gasteiger partial charge in [-0.25, -0.2) is 0 Å². The van der Waals surface area contributed by atoms with Gasteiger partial charge in [0.2, 0.25) is 0 Å². The Morgan fingerprint density at radius 3 is 2.33 bits per heavy atom. The summed E-state index contributed by atoms with van der Waals surface area (Å²) in [4.78, 5) is 13.3. The number of aliphatic hydroxyl groups is 1. The molecule has 0 aliphatic carbocycles. The summed E-state index contributed by atoms with van der Waals surface area (Å²) in [5.74, 6) is 0.907. The molecule has 0 saturated carbocycles. The summed E-state index contributed by atoms with van der Waals surface area (Å²) in [6.07, 6.45) is 0.630. The molecule has 2 N–H and O–H groups in total. The van der Waals surface area contributed by atoms with Gasteiger partial charge in [-0.1, -0.05) is 19.1 Å². The van der Waals surface area contributed by atoms with Crippen molar-refractivity contribution in [3.63, 3.8) is 0 Å². The van der Waals surface area contributed by atoms with E-state index in [0.29, 0.717) is 12.0 Å². The summed E-state index contributed by atoms with van der Waals surface area (Å²) in [5, 5.41) is 11.7. The molecule has 0 fully saturated rings. The van der Waals surface area contributed by atoms with Gasteiger partial charge >= 0.3 is 0 Å². The van der Waals surface area contributed by atoms with Crippen LogP contribution in [0, 0.1) is 0 Å². The summed E-state index contributed by atoms with van der Waals surface area (Å²) in [5.41, 5.74) is 2.46. The number of aliphatic hydroxyl groups excluding tert-OH is 1. The van der Waals surface area contributed by atoms with Gasteiger partial charge in [-0.2, -0.15) is 0 Å². The van der Waals surface area contributed by atoms with Crippen molar-refractivity contribution in [2.24, 2.45) is 0 Å². The number of carbonyl (C=O) groups is 1. The lowest BCUT2D eigenvalue weighted by molar-refractivity contribution is 0.102. The van der Waals surface area contributed by atoms with Crippen molar-refractivity contribution in [1.82, 2.24) is 0 Å². The molecule has 0 spiro atoms. The molecule has 0 bridgehead atoms. The zero-order valence-corrected chi connectivity index (χ0v) is 12.8. The van der Waals surface area contributed by atoms with Crippen molar-refractivity contribution in [1.29, 1.82) is 0 Å². The second kappa shape index (κ2) is 7.86. The topological polar surface area (TPSA) is 49.3 Å². The lowest BCUT2D eigenvalue weighted by Crippen LogP contribution is -2.11.